The van der Waals surface area contributed by atoms with Crippen LogP contribution in [-0.4, -0.2) is 23.4 Å². The predicted octanol–water partition coefficient (Wildman–Crippen LogP) is 1.37. The second-order valence-corrected chi connectivity index (χ2v) is 9.00. The standard InChI is InChI=1S/C15H15FN2O4S2/c16-13-3-1-2-11(8-13)10-23(19,20)18-7-6-12-9-14(24(17,21)22)4-5-15(12)18/h1-5,8-9H,6-7,10H2,(H2,17,21,22). The Kier molecular flexibility index (Phi) is 4.10. The fourth-order valence-corrected chi connectivity index (χ4v) is 4.90. The number of nitrogens with zero attached hydrogens (tertiary/aromatic N) is 1. The maximum Gasteiger partial charge on any atom is 0.239 e. The number of halogens is 1. The number of nitrogens with two attached hydrogens (primary N) is 1. The third-order valence-corrected chi connectivity index (χ3v) is 6.47. The lowest BCUT2D eigenvalue weighted by Crippen LogP contribution is -2.30. The lowest BCUT2D eigenvalue weighted by Gasteiger charge is -2.19. The molecule has 0 amide bonds. The third-order valence-electron chi connectivity index (χ3n) is 3.81. The first-order chi connectivity index (χ1) is 11.2. The van der Waals surface area contributed by atoms with Gasteiger partial charge in [0, 0.05) is 6.54 Å². The van der Waals surface area contributed by atoms with Gasteiger partial charge in [0.15, 0.2) is 0 Å². The van der Waals surface area contributed by atoms with E-state index >= 15 is 0 Å². The monoisotopic (exact) mass is 370 g/mol. The summed E-state index contributed by atoms with van der Waals surface area (Å²) in [4.78, 5) is -0.0503. The van der Waals surface area contributed by atoms with Gasteiger partial charge in [0.2, 0.25) is 20.0 Å². The van der Waals surface area contributed by atoms with Crippen LogP contribution in [0.2, 0.25) is 0 Å². The number of fused-ring (bicyclic) bond motifs is 1. The van der Waals surface area contributed by atoms with Gasteiger partial charge in [-0.05, 0) is 47.9 Å². The average molecular weight is 370 g/mol. The summed E-state index contributed by atoms with van der Waals surface area (Å²) in [6, 6.07) is 9.53. The van der Waals surface area contributed by atoms with Crippen LogP contribution in [0.4, 0.5) is 10.1 Å². The van der Waals surface area contributed by atoms with Crippen molar-refractivity contribution < 1.29 is 21.2 Å². The minimum Gasteiger partial charge on any atom is -0.269 e. The Morgan fingerprint density at radius 2 is 1.83 bits per heavy atom. The number of hydrogen-bond donors (Lipinski definition) is 1. The first-order valence-electron chi connectivity index (χ1n) is 7.07. The van der Waals surface area contributed by atoms with E-state index in [9.17, 15) is 21.2 Å². The maximum absolute atomic E-state index is 13.2. The summed E-state index contributed by atoms with van der Waals surface area (Å²) in [7, 11) is -7.55. The average Bonchev–Trinajstić information content (AvgIpc) is 2.89. The van der Waals surface area contributed by atoms with Crippen molar-refractivity contribution in [3.8, 4) is 0 Å². The quantitative estimate of drug-likeness (QED) is 0.879. The van der Waals surface area contributed by atoms with Gasteiger partial charge in [-0.2, -0.15) is 0 Å². The van der Waals surface area contributed by atoms with Crippen LogP contribution in [0.5, 0.6) is 0 Å². The predicted molar refractivity (Wildman–Crippen MR) is 87.9 cm³/mol. The van der Waals surface area contributed by atoms with Gasteiger partial charge in [-0.3, -0.25) is 4.31 Å². The highest BCUT2D eigenvalue weighted by molar-refractivity contribution is 7.92. The lowest BCUT2D eigenvalue weighted by molar-refractivity contribution is 0.590. The molecule has 0 aliphatic carbocycles. The zero-order valence-corrected chi connectivity index (χ0v) is 14.1. The molecule has 2 aromatic carbocycles. The molecule has 128 valence electrons. The highest BCUT2D eigenvalue weighted by Gasteiger charge is 2.30. The number of anilines is 1. The minimum absolute atomic E-state index is 0.0503. The molecule has 0 atom stereocenters. The molecule has 3 rings (SSSR count). The minimum atomic E-state index is -3.84. The van der Waals surface area contributed by atoms with Gasteiger partial charge in [-0.1, -0.05) is 12.1 Å². The first-order valence-corrected chi connectivity index (χ1v) is 10.2. The third kappa shape index (κ3) is 3.28. The van der Waals surface area contributed by atoms with Crippen LogP contribution in [-0.2, 0) is 32.2 Å². The molecular weight excluding hydrogens is 355 g/mol. The van der Waals surface area contributed by atoms with E-state index in [0.717, 1.165) is 0 Å². The molecule has 0 aromatic heterocycles. The van der Waals surface area contributed by atoms with Crippen LogP contribution >= 0.6 is 0 Å². The smallest absolute Gasteiger partial charge is 0.239 e. The van der Waals surface area contributed by atoms with E-state index in [2.05, 4.69) is 0 Å². The SMILES string of the molecule is NS(=O)(=O)c1ccc2c(c1)CCN2S(=O)(=O)Cc1cccc(F)c1. The van der Waals surface area contributed by atoms with Crippen molar-refractivity contribution in [1.29, 1.82) is 0 Å². The van der Waals surface area contributed by atoms with E-state index in [1.165, 1.54) is 40.7 Å². The molecule has 2 aromatic rings. The number of hydrogen-bond acceptors (Lipinski definition) is 4. The molecule has 0 fully saturated rings. The van der Waals surface area contributed by atoms with Gasteiger partial charge in [0.1, 0.15) is 5.82 Å². The van der Waals surface area contributed by atoms with Crippen LogP contribution in [0.15, 0.2) is 47.4 Å². The van der Waals surface area contributed by atoms with Crippen LogP contribution in [0.25, 0.3) is 0 Å². The number of sulfonamides is 2. The van der Waals surface area contributed by atoms with Crippen molar-refractivity contribution in [3.63, 3.8) is 0 Å². The summed E-state index contributed by atoms with van der Waals surface area (Å²) in [6.07, 6.45) is 0.390. The number of primary sulfonamides is 1. The zero-order chi connectivity index (χ0) is 17.5. The van der Waals surface area contributed by atoms with Crippen molar-refractivity contribution in [2.45, 2.75) is 17.1 Å². The maximum atomic E-state index is 13.2. The molecule has 0 radical (unpaired) electrons. The number of benzene rings is 2. The Hall–Kier alpha value is -1.97. The largest absolute Gasteiger partial charge is 0.269 e. The van der Waals surface area contributed by atoms with Gasteiger partial charge >= 0.3 is 0 Å². The topological polar surface area (TPSA) is 97.5 Å². The Labute approximate surface area is 139 Å². The van der Waals surface area contributed by atoms with Crippen molar-refractivity contribution >= 4 is 25.7 Å². The summed E-state index contributed by atoms with van der Waals surface area (Å²) in [5, 5.41) is 5.09. The summed E-state index contributed by atoms with van der Waals surface area (Å²) in [5.41, 5.74) is 1.38. The Morgan fingerprint density at radius 1 is 1.08 bits per heavy atom. The zero-order valence-electron chi connectivity index (χ0n) is 12.5. The highest BCUT2D eigenvalue weighted by atomic mass is 32.2. The molecule has 1 aliphatic rings. The van der Waals surface area contributed by atoms with Gasteiger partial charge < -0.3 is 0 Å². The normalized spacial score (nSPS) is 14.7. The van der Waals surface area contributed by atoms with Crippen LogP contribution < -0.4 is 9.44 Å². The fourth-order valence-electron chi connectivity index (χ4n) is 2.73. The fraction of sp³-hybridized carbons (Fsp3) is 0.200. The summed E-state index contributed by atoms with van der Waals surface area (Å²) >= 11 is 0. The Morgan fingerprint density at radius 3 is 2.50 bits per heavy atom. The number of rotatable bonds is 4. The molecule has 0 spiro atoms. The van der Waals surface area contributed by atoms with E-state index in [-0.39, 0.29) is 17.2 Å². The summed E-state index contributed by atoms with van der Waals surface area (Å²) < 4.78 is 62.5. The van der Waals surface area contributed by atoms with E-state index in [1.54, 1.807) is 6.07 Å². The molecule has 24 heavy (non-hydrogen) atoms. The van der Waals surface area contributed by atoms with E-state index in [0.29, 0.717) is 23.2 Å². The Balaban J connectivity index is 1.93. The highest BCUT2D eigenvalue weighted by Crippen LogP contribution is 2.33. The van der Waals surface area contributed by atoms with Crippen molar-refractivity contribution in [3.05, 3.63) is 59.4 Å². The summed E-state index contributed by atoms with van der Waals surface area (Å²) in [5.74, 6) is -0.830. The van der Waals surface area contributed by atoms with Crippen LogP contribution in [0, 0.1) is 5.82 Å². The molecule has 0 unspecified atom stereocenters. The lowest BCUT2D eigenvalue weighted by atomic mass is 10.2. The van der Waals surface area contributed by atoms with Gasteiger partial charge in [-0.15, -0.1) is 0 Å². The molecule has 9 heteroatoms. The molecule has 0 bridgehead atoms. The van der Waals surface area contributed by atoms with Crippen molar-refractivity contribution in [2.24, 2.45) is 5.14 Å². The van der Waals surface area contributed by atoms with E-state index < -0.39 is 25.9 Å². The van der Waals surface area contributed by atoms with E-state index in [1.807, 2.05) is 0 Å². The second kappa shape index (κ2) is 5.83. The molecular formula is C15H15FN2O4S2. The van der Waals surface area contributed by atoms with E-state index in [4.69, 9.17) is 5.14 Å². The van der Waals surface area contributed by atoms with Gasteiger partial charge in [-0.25, -0.2) is 26.4 Å². The molecule has 1 heterocycles. The van der Waals surface area contributed by atoms with Crippen molar-refractivity contribution in [2.75, 3.05) is 10.8 Å². The molecule has 1 aliphatic heterocycles. The molecule has 0 saturated heterocycles. The first kappa shape index (κ1) is 16.9. The van der Waals surface area contributed by atoms with Crippen molar-refractivity contribution in [1.82, 2.24) is 0 Å². The van der Waals surface area contributed by atoms with Crippen LogP contribution in [0.1, 0.15) is 11.1 Å². The summed E-state index contributed by atoms with van der Waals surface area (Å²) in [6.45, 7) is 0.209. The van der Waals surface area contributed by atoms with Gasteiger partial charge in [0.25, 0.3) is 0 Å². The molecule has 2 N–H and O–H groups in total. The van der Waals surface area contributed by atoms with Crippen LogP contribution in [0.3, 0.4) is 0 Å². The van der Waals surface area contributed by atoms with Gasteiger partial charge in [0.05, 0.1) is 16.3 Å². The second-order valence-electron chi connectivity index (χ2n) is 5.54. The molecule has 6 nitrogen and oxygen atoms in total. The molecule has 0 saturated carbocycles. The Bertz CT molecular complexity index is 1000.